The Hall–Kier alpha value is -3.61. The maximum atomic E-state index is 13.7. The van der Waals surface area contributed by atoms with Gasteiger partial charge in [-0.2, -0.15) is 0 Å². The maximum absolute atomic E-state index is 13.7. The van der Waals surface area contributed by atoms with Crippen LogP contribution in [0.25, 0.3) is 0 Å². The van der Waals surface area contributed by atoms with Crippen molar-refractivity contribution in [1.29, 1.82) is 0 Å². The SMILES string of the molecule is Cc1cccc(N2CCN(C(=O)C[C@@H](C(=O)N3CCc4ccccc43)n3ccnc3)C[C@H]2C)c1. The Balaban J connectivity index is 1.30. The molecule has 0 N–H and O–H groups in total. The molecule has 1 aromatic heterocycles. The molecule has 0 saturated carbocycles. The van der Waals surface area contributed by atoms with Gasteiger partial charge in [0, 0.05) is 56.0 Å². The van der Waals surface area contributed by atoms with Crippen LogP contribution in [0.1, 0.15) is 30.5 Å². The van der Waals surface area contributed by atoms with E-state index in [4.69, 9.17) is 0 Å². The van der Waals surface area contributed by atoms with Gasteiger partial charge in [0.2, 0.25) is 5.91 Å². The fourth-order valence-electron chi connectivity index (χ4n) is 5.19. The highest BCUT2D eigenvalue weighted by Crippen LogP contribution is 2.31. The lowest BCUT2D eigenvalue weighted by atomic mass is 10.1. The van der Waals surface area contributed by atoms with Crippen LogP contribution in [-0.2, 0) is 16.0 Å². The van der Waals surface area contributed by atoms with Crippen LogP contribution in [0.4, 0.5) is 11.4 Å². The van der Waals surface area contributed by atoms with Gasteiger partial charge in [0.05, 0.1) is 12.7 Å². The molecule has 7 heteroatoms. The smallest absolute Gasteiger partial charge is 0.250 e. The molecule has 7 nitrogen and oxygen atoms in total. The first-order valence-electron chi connectivity index (χ1n) is 12.0. The van der Waals surface area contributed by atoms with Crippen LogP contribution < -0.4 is 9.80 Å². The summed E-state index contributed by atoms with van der Waals surface area (Å²) >= 11 is 0. The molecule has 3 aromatic rings. The summed E-state index contributed by atoms with van der Waals surface area (Å²) < 4.78 is 1.77. The van der Waals surface area contributed by atoms with E-state index in [0.717, 1.165) is 18.7 Å². The highest BCUT2D eigenvalue weighted by molar-refractivity contribution is 6.00. The van der Waals surface area contributed by atoms with Gasteiger partial charge in [-0.25, -0.2) is 4.98 Å². The van der Waals surface area contributed by atoms with Crippen molar-refractivity contribution in [2.24, 2.45) is 0 Å². The van der Waals surface area contributed by atoms with Crippen LogP contribution in [0.3, 0.4) is 0 Å². The van der Waals surface area contributed by atoms with Crippen molar-refractivity contribution < 1.29 is 9.59 Å². The van der Waals surface area contributed by atoms with E-state index < -0.39 is 6.04 Å². The summed E-state index contributed by atoms with van der Waals surface area (Å²) in [5, 5.41) is 0. The third-order valence-electron chi connectivity index (χ3n) is 7.00. The van der Waals surface area contributed by atoms with Crippen LogP contribution in [0.15, 0.2) is 67.3 Å². The molecule has 2 aliphatic rings. The zero-order chi connectivity index (χ0) is 23.7. The summed E-state index contributed by atoms with van der Waals surface area (Å²) in [7, 11) is 0. The molecule has 0 bridgehead atoms. The molecule has 34 heavy (non-hydrogen) atoms. The first kappa shape index (κ1) is 22.2. The molecule has 2 aromatic carbocycles. The predicted octanol–water partition coefficient (Wildman–Crippen LogP) is 3.45. The lowest BCUT2D eigenvalue weighted by molar-refractivity contribution is -0.135. The largest absolute Gasteiger partial charge is 0.365 e. The number of para-hydroxylation sites is 1. The minimum atomic E-state index is -0.605. The second kappa shape index (κ2) is 9.33. The first-order valence-corrected chi connectivity index (χ1v) is 12.0. The molecule has 0 aliphatic carbocycles. The summed E-state index contributed by atoms with van der Waals surface area (Å²) in [6, 6.07) is 16.1. The van der Waals surface area contributed by atoms with Crippen molar-refractivity contribution in [3.63, 3.8) is 0 Å². The van der Waals surface area contributed by atoms with E-state index in [0.29, 0.717) is 19.6 Å². The molecule has 2 atom stereocenters. The average molecular weight is 458 g/mol. The van der Waals surface area contributed by atoms with Gasteiger partial charge in [0.1, 0.15) is 6.04 Å². The van der Waals surface area contributed by atoms with Crippen molar-refractivity contribution in [3.05, 3.63) is 78.4 Å². The lowest BCUT2D eigenvalue weighted by Crippen LogP contribution is -2.54. The number of benzene rings is 2. The first-order chi connectivity index (χ1) is 16.5. The minimum absolute atomic E-state index is 0.00951. The number of imidazole rings is 1. The fourth-order valence-corrected chi connectivity index (χ4v) is 5.19. The van der Waals surface area contributed by atoms with Gasteiger partial charge < -0.3 is 19.3 Å². The second-order valence-corrected chi connectivity index (χ2v) is 9.32. The molecule has 1 fully saturated rings. The number of anilines is 2. The van der Waals surface area contributed by atoms with Crippen LogP contribution in [0, 0.1) is 6.92 Å². The van der Waals surface area contributed by atoms with Gasteiger partial charge in [-0.15, -0.1) is 0 Å². The van der Waals surface area contributed by atoms with E-state index in [9.17, 15) is 9.59 Å². The number of aryl methyl sites for hydroxylation is 1. The number of piperazine rings is 1. The van der Waals surface area contributed by atoms with Crippen LogP contribution in [-0.4, -0.2) is 58.5 Å². The number of amides is 2. The number of aromatic nitrogens is 2. The number of rotatable bonds is 5. The number of carbonyl (C=O) groups is 2. The second-order valence-electron chi connectivity index (χ2n) is 9.32. The third kappa shape index (κ3) is 4.30. The Morgan fingerprint density at radius 2 is 1.94 bits per heavy atom. The molecule has 3 heterocycles. The summed E-state index contributed by atoms with van der Waals surface area (Å²) in [6.07, 6.45) is 6.04. The Morgan fingerprint density at radius 3 is 2.71 bits per heavy atom. The molecule has 2 aliphatic heterocycles. The van der Waals surface area contributed by atoms with Gasteiger partial charge in [-0.05, 0) is 49.6 Å². The summed E-state index contributed by atoms with van der Waals surface area (Å²) in [6.45, 7) is 6.96. The fraction of sp³-hybridized carbons (Fsp3) is 0.370. The highest BCUT2D eigenvalue weighted by atomic mass is 16.2. The van der Waals surface area contributed by atoms with Gasteiger partial charge in [0.15, 0.2) is 0 Å². The van der Waals surface area contributed by atoms with E-state index >= 15 is 0 Å². The van der Waals surface area contributed by atoms with Crippen LogP contribution in [0.5, 0.6) is 0 Å². The molecule has 1 saturated heterocycles. The van der Waals surface area contributed by atoms with Gasteiger partial charge in [-0.1, -0.05) is 30.3 Å². The van der Waals surface area contributed by atoms with Crippen molar-refractivity contribution in [2.45, 2.75) is 38.8 Å². The standard InChI is InChI=1S/C27H31N5O2/c1-20-6-5-8-23(16-20)31-15-14-29(18-21(31)2)26(33)17-25(30-13-11-28-19-30)27(34)32-12-10-22-7-3-4-9-24(22)32/h3-9,11,13,16,19,21,25H,10,12,14-15,17-18H2,1-2H3/t21-,25+/m1/s1. The van der Waals surface area contributed by atoms with Gasteiger partial charge in [0.25, 0.3) is 5.91 Å². The van der Waals surface area contributed by atoms with E-state index in [2.05, 4.69) is 54.1 Å². The summed E-state index contributed by atoms with van der Waals surface area (Å²) in [5.74, 6) is -0.0435. The zero-order valence-corrected chi connectivity index (χ0v) is 19.8. The monoisotopic (exact) mass is 457 g/mol. The zero-order valence-electron chi connectivity index (χ0n) is 19.8. The topological polar surface area (TPSA) is 61.7 Å². The number of hydrogen-bond donors (Lipinski definition) is 0. The Labute approximate surface area is 200 Å². The van der Waals surface area contributed by atoms with E-state index in [1.165, 1.54) is 16.8 Å². The maximum Gasteiger partial charge on any atom is 0.250 e. The predicted molar refractivity (Wildman–Crippen MR) is 133 cm³/mol. The van der Waals surface area contributed by atoms with Gasteiger partial charge >= 0.3 is 0 Å². The molecule has 5 rings (SSSR count). The van der Waals surface area contributed by atoms with Crippen molar-refractivity contribution in [1.82, 2.24) is 14.5 Å². The summed E-state index contributed by atoms with van der Waals surface area (Å²) in [4.78, 5) is 37.3. The number of hydrogen-bond acceptors (Lipinski definition) is 4. The van der Waals surface area contributed by atoms with E-state index in [-0.39, 0.29) is 24.3 Å². The van der Waals surface area contributed by atoms with E-state index in [1.807, 2.05) is 28.0 Å². The quantitative estimate of drug-likeness (QED) is 0.589. The Morgan fingerprint density at radius 1 is 1.09 bits per heavy atom. The van der Waals surface area contributed by atoms with Crippen molar-refractivity contribution in [3.8, 4) is 0 Å². The molecule has 0 spiro atoms. The highest BCUT2D eigenvalue weighted by Gasteiger charge is 2.35. The molecular formula is C27H31N5O2. The Kier molecular flexibility index (Phi) is 6.09. The number of carbonyl (C=O) groups excluding carboxylic acids is 2. The molecule has 0 radical (unpaired) electrons. The minimum Gasteiger partial charge on any atom is -0.365 e. The molecule has 0 unspecified atom stereocenters. The van der Waals surface area contributed by atoms with Crippen LogP contribution >= 0.6 is 0 Å². The number of nitrogens with zero attached hydrogens (tertiary/aromatic N) is 5. The molecule has 2 amide bonds. The van der Waals surface area contributed by atoms with Crippen molar-refractivity contribution >= 4 is 23.2 Å². The third-order valence-corrected chi connectivity index (χ3v) is 7.00. The Bertz CT molecular complexity index is 1180. The van der Waals surface area contributed by atoms with Gasteiger partial charge in [-0.3, -0.25) is 9.59 Å². The summed E-state index contributed by atoms with van der Waals surface area (Å²) in [5.41, 5.74) is 4.55. The normalized spacial score (nSPS) is 18.6. The average Bonchev–Trinajstić information content (AvgIpc) is 3.52. The van der Waals surface area contributed by atoms with E-state index in [1.54, 1.807) is 23.3 Å². The molecular weight excluding hydrogens is 426 g/mol. The van der Waals surface area contributed by atoms with Crippen molar-refractivity contribution in [2.75, 3.05) is 36.0 Å². The molecule has 176 valence electrons. The lowest BCUT2D eigenvalue weighted by Gasteiger charge is -2.41. The number of fused-ring (bicyclic) bond motifs is 1. The van der Waals surface area contributed by atoms with Crippen LogP contribution in [0.2, 0.25) is 0 Å².